The van der Waals surface area contributed by atoms with Crippen LogP contribution in [0.25, 0.3) is 0 Å². The highest BCUT2D eigenvalue weighted by atomic mass is 79.9. The van der Waals surface area contributed by atoms with E-state index in [0.717, 1.165) is 0 Å². The average Bonchev–Trinajstić information content (AvgIpc) is 2.85. The summed E-state index contributed by atoms with van der Waals surface area (Å²) in [6.45, 7) is 0. The first-order valence-corrected chi connectivity index (χ1v) is 5.40. The number of hydrogen-bond acceptors (Lipinski definition) is 4. The van der Waals surface area contributed by atoms with Gasteiger partial charge >= 0.3 is 0 Å². The molecule has 5 nitrogen and oxygen atoms in total. The fourth-order valence-electron chi connectivity index (χ4n) is 1.36. The molecule has 2 N–H and O–H groups in total. The molecule has 2 aromatic rings. The minimum Gasteiger partial charge on any atom is -0.460 e. The summed E-state index contributed by atoms with van der Waals surface area (Å²) in [6, 6.07) is 0.902. The molecule has 0 saturated heterocycles. The number of furan rings is 1. The van der Waals surface area contributed by atoms with Gasteiger partial charge in [-0.05, 0) is 22.0 Å². The van der Waals surface area contributed by atoms with Crippen molar-refractivity contribution >= 4 is 21.7 Å². The maximum Gasteiger partial charge on any atom is 0.220 e. The number of carbonyl (C=O) groups excluding carboxylic acids is 1. The predicted molar refractivity (Wildman–Crippen MR) is 60.9 cm³/mol. The zero-order valence-corrected chi connectivity index (χ0v) is 10.1. The first kappa shape index (κ1) is 11.1. The lowest BCUT2D eigenvalue weighted by Gasteiger charge is -2.05. The summed E-state index contributed by atoms with van der Waals surface area (Å²) in [4.78, 5) is 12.0. The Hall–Kier alpha value is -1.40. The van der Waals surface area contributed by atoms with Crippen LogP contribution in [0.4, 0.5) is 0 Å². The first-order valence-electron chi connectivity index (χ1n) is 4.61. The SMILES string of the molecule is Cn1cc(C(N)C(=O)c2occc2Br)cn1. The normalized spacial score (nSPS) is 12.7. The van der Waals surface area contributed by atoms with Crippen LogP contribution in [0.15, 0.2) is 33.6 Å². The van der Waals surface area contributed by atoms with Gasteiger partial charge in [-0.15, -0.1) is 0 Å². The Labute approximate surface area is 100 Å². The Morgan fingerprint density at radius 1 is 1.69 bits per heavy atom. The van der Waals surface area contributed by atoms with Gasteiger partial charge in [0, 0.05) is 18.8 Å². The van der Waals surface area contributed by atoms with Crippen molar-refractivity contribution in [3.8, 4) is 0 Å². The van der Waals surface area contributed by atoms with Crippen molar-refractivity contribution in [1.29, 1.82) is 0 Å². The molecule has 0 aliphatic rings. The number of hydrogen-bond donors (Lipinski definition) is 1. The molecule has 0 saturated carbocycles. The molecule has 0 fully saturated rings. The molecule has 2 heterocycles. The van der Waals surface area contributed by atoms with Crippen LogP contribution in [0, 0.1) is 0 Å². The quantitative estimate of drug-likeness (QED) is 0.870. The van der Waals surface area contributed by atoms with Crippen LogP contribution in [0.5, 0.6) is 0 Å². The second kappa shape index (κ2) is 4.23. The molecular formula is C10H10BrN3O2. The molecule has 2 rings (SSSR count). The van der Waals surface area contributed by atoms with Crippen molar-refractivity contribution in [1.82, 2.24) is 9.78 Å². The highest BCUT2D eigenvalue weighted by Crippen LogP contribution is 2.23. The number of rotatable bonds is 3. The van der Waals surface area contributed by atoms with Crippen LogP contribution in [-0.4, -0.2) is 15.6 Å². The van der Waals surface area contributed by atoms with Crippen LogP contribution < -0.4 is 5.73 Å². The van der Waals surface area contributed by atoms with Crippen molar-refractivity contribution in [2.75, 3.05) is 0 Å². The molecule has 0 aromatic carbocycles. The topological polar surface area (TPSA) is 74.0 Å². The van der Waals surface area contributed by atoms with Crippen LogP contribution in [0.2, 0.25) is 0 Å². The van der Waals surface area contributed by atoms with Gasteiger partial charge in [-0.25, -0.2) is 0 Å². The van der Waals surface area contributed by atoms with Gasteiger partial charge < -0.3 is 10.2 Å². The van der Waals surface area contributed by atoms with Gasteiger partial charge in [-0.3, -0.25) is 9.48 Å². The number of Topliss-reactive ketones (excluding diaryl/α,β-unsaturated/α-hetero) is 1. The first-order chi connectivity index (χ1) is 7.59. The van der Waals surface area contributed by atoms with E-state index in [1.807, 2.05) is 0 Å². The number of nitrogens with two attached hydrogens (primary N) is 1. The number of aromatic nitrogens is 2. The second-order valence-electron chi connectivity index (χ2n) is 3.39. The smallest absolute Gasteiger partial charge is 0.220 e. The van der Waals surface area contributed by atoms with E-state index in [1.54, 1.807) is 30.2 Å². The van der Waals surface area contributed by atoms with E-state index in [-0.39, 0.29) is 11.5 Å². The monoisotopic (exact) mass is 283 g/mol. The number of aryl methyl sites for hydroxylation is 1. The van der Waals surface area contributed by atoms with E-state index in [9.17, 15) is 4.79 Å². The third kappa shape index (κ3) is 1.94. The van der Waals surface area contributed by atoms with Crippen LogP contribution in [-0.2, 0) is 7.05 Å². The van der Waals surface area contributed by atoms with E-state index in [2.05, 4.69) is 21.0 Å². The Morgan fingerprint density at radius 2 is 2.44 bits per heavy atom. The fourth-order valence-corrected chi connectivity index (χ4v) is 1.76. The maximum absolute atomic E-state index is 12.0. The largest absolute Gasteiger partial charge is 0.460 e. The Bertz CT molecular complexity index is 518. The summed E-state index contributed by atoms with van der Waals surface area (Å²) in [6.07, 6.45) is 4.71. The van der Waals surface area contributed by atoms with Crippen molar-refractivity contribution in [2.45, 2.75) is 6.04 Å². The standard InChI is InChI=1S/C10H10BrN3O2/c1-14-5-6(4-13-14)8(12)9(15)10-7(11)2-3-16-10/h2-5,8H,12H2,1H3. The zero-order chi connectivity index (χ0) is 11.7. The molecular weight excluding hydrogens is 274 g/mol. The zero-order valence-electron chi connectivity index (χ0n) is 8.55. The summed E-state index contributed by atoms with van der Waals surface area (Å²) in [5, 5.41) is 3.97. The molecule has 1 atom stereocenters. The highest BCUT2D eigenvalue weighted by Gasteiger charge is 2.23. The van der Waals surface area contributed by atoms with Crippen molar-refractivity contribution in [3.63, 3.8) is 0 Å². The Kier molecular flexibility index (Phi) is 2.93. The molecule has 0 aliphatic carbocycles. The van der Waals surface area contributed by atoms with E-state index in [1.165, 1.54) is 6.26 Å². The lowest BCUT2D eigenvalue weighted by Crippen LogP contribution is -2.21. The minimum absolute atomic E-state index is 0.233. The number of nitrogens with zero attached hydrogens (tertiary/aromatic N) is 2. The summed E-state index contributed by atoms with van der Waals surface area (Å²) in [7, 11) is 1.77. The second-order valence-corrected chi connectivity index (χ2v) is 4.24. The molecule has 0 aliphatic heterocycles. The minimum atomic E-state index is -0.754. The van der Waals surface area contributed by atoms with Crippen molar-refractivity contribution < 1.29 is 9.21 Å². The van der Waals surface area contributed by atoms with Crippen molar-refractivity contribution in [2.24, 2.45) is 12.8 Å². The molecule has 84 valence electrons. The predicted octanol–water partition coefficient (Wildman–Crippen LogP) is 1.66. The molecule has 1 unspecified atom stereocenters. The lowest BCUT2D eigenvalue weighted by atomic mass is 10.1. The third-order valence-electron chi connectivity index (χ3n) is 2.21. The van der Waals surface area contributed by atoms with Crippen LogP contribution in [0.3, 0.4) is 0 Å². The summed E-state index contributed by atoms with van der Waals surface area (Å²) in [5.41, 5.74) is 6.49. The molecule has 0 spiro atoms. The number of ketones is 1. The molecule has 6 heteroatoms. The molecule has 0 bridgehead atoms. The van der Waals surface area contributed by atoms with Crippen molar-refractivity contribution in [3.05, 3.63) is 40.5 Å². The summed E-state index contributed by atoms with van der Waals surface area (Å²) < 4.78 is 7.28. The number of carbonyl (C=O) groups is 1. The average molecular weight is 284 g/mol. The van der Waals surface area contributed by atoms with E-state index in [4.69, 9.17) is 10.2 Å². The van der Waals surface area contributed by atoms with Crippen LogP contribution >= 0.6 is 15.9 Å². The van der Waals surface area contributed by atoms with E-state index in [0.29, 0.717) is 10.0 Å². The maximum atomic E-state index is 12.0. The fraction of sp³-hybridized carbons (Fsp3) is 0.200. The van der Waals surface area contributed by atoms with Gasteiger partial charge in [-0.2, -0.15) is 5.10 Å². The molecule has 0 amide bonds. The van der Waals surface area contributed by atoms with Gasteiger partial charge in [-0.1, -0.05) is 0 Å². The summed E-state index contributed by atoms with van der Waals surface area (Å²) >= 11 is 3.22. The van der Waals surface area contributed by atoms with Gasteiger partial charge in [0.2, 0.25) is 5.78 Å². The molecule has 16 heavy (non-hydrogen) atoms. The van der Waals surface area contributed by atoms with Crippen LogP contribution in [0.1, 0.15) is 22.2 Å². The van der Waals surface area contributed by atoms with E-state index < -0.39 is 6.04 Å². The lowest BCUT2D eigenvalue weighted by molar-refractivity contribution is 0.0933. The van der Waals surface area contributed by atoms with Gasteiger partial charge in [0.1, 0.15) is 6.04 Å². The molecule has 0 radical (unpaired) electrons. The Morgan fingerprint density at radius 3 is 2.94 bits per heavy atom. The van der Waals surface area contributed by atoms with Gasteiger partial charge in [0.15, 0.2) is 5.76 Å². The number of halogens is 1. The molecule has 2 aromatic heterocycles. The van der Waals surface area contributed by atoms with Gasteiger partial charge in [0.05, 0.1) is 16.9 Å². The van der Waals surface area contributed by atoms with E-state index >= 15 is 0 Å². The Balaban J connectivity index is 2.26. The summed E-state index contributed by atoms with van der Waals surface area (Å²) in [5.74, 6) is -0.0405. The highest BCUT2D eigenvalue weighted by molar-refractivity contribution is 9.10. The van der Waals surface area contributed by atoms with Gasteiger partial charge in [0.25, 0.3) is 0 Å². The third-order valence-corrected chi connectivity index (χ3v) is 2.83.